The van der Waals surface area contributed by atoms with E-state index in [1.807, 2.05) is 4.90 Å². The molecule has 1 aromatic carbocycles. The number of nitrogens with one attached hydrogen (secondary N) is 1. The Morgan fingerprint density at radius 1 is 1.26 bits per heavy atom. The predicted molar refractivity (Wildman–Crippen MR) is 110 cm³/mol. The highest BCUT2D eigenvalue weighted by molar-refractivity contribution is 5.94. The molecule has 10 heteroatoms. The van der Waals surface area contributed by atoms with E-state index in [2.05, 4.69) is 10.3 Å². The number of hydrogen-bond donors (Lipinski definition) is 2. The third-order valence-corrected chi connectivity index (χ3v) is 5.52. The lowest BCUT2D eigenvalue weighted by Crippen LogP contribution is -2.42. The zero-order valence-electron chi connectivity index (χ0n) is 17.5. The molecule has 0 spiro atoms. The second kappa shape index (κ2) is 8.27. The number of carbonyl (C=O) groups excluding carboxylic acids is 1. The average molecular weight is 432 g/mol. The molecule has 3 heterocycles. The summed E-state index contributed by atoms with van der Waals surface area (Å²) in [6, 6.07) is 4.35. The van der Waals surface area contributed by atoms with Crippen molar-refractivity contribution in [3.63, 3.8) is 0 Å². The second-order valence-corrected chi connectivity index (χ2v) is 8.00. The molecule has 2 N–H and O–H groups in total. The van der Waals surface area contributed by atoms with Gasteiger partial charge in [-0.15, -0.1) is 0 Å². The normalized spacial score (nSPS) is 17.8. The van der Waals surface area contributed by atoms with Crippen molar-refractivity contribution in [3.8, 4) is 5.75 Å². The van der Waals surface area contributed by atoms with Gasteiger partial charge in [-0.2, -0.15) is 0 Å². The van der Waals surface area contributed by atoms with Crippen LogP contribution in [0.5, 0.6) is 5.75 Å². The molecule has 1 fully saturated rings. The van der Waals surface area contributed by atoms with Crippen LogP contribution < -0.4 is 15.8 Å². The fourth-order valence-electron chi connectivity index (χ4n) is 3.87. The van der Waals surface area contributed by atoms with Gasteiger partial charge in [0, 0.05) is 25.3 Å². The van der Waals surface area contributed by atoms with Crippen LogP contribution in [-0.2, 0) is 28.2 Å². The van der Waals surface area contributed by atoms with Crippen LogP contribution in [0, 0.1) is 5.82 Å². The van der Waals surface area contributed by atoms with E-state index in [-0.39, 0.29) is 30.4 Å². The number of aromatic nitrogens is 2. The Kier molecular flexibility index (Phi) is 5.67. The molecule has 2 aliphatic rings. The number of benzene rings is 1. The first-order valence-corrected chi connectivity index (χ1v) is 10.2. The molecule has 0 atom stereocenters. The SMILES string of the molecule is CC1(C)OCCn2c1nc(C(=O)NCc1ccc(F)cc1N1CCOCC1)c(O)c2=O. The van der Waals surface area contributed by atoms with Gasteiger partial charge in [-0.05, 0) is 31.5 Å². The maximum Gasteiger partial charge on any atom is 0.296 e. The van der Waals surface area contributed by atoms with Crippen LogP contribution in [0.4, 0.5) is 10.1 Å². The number of halogens is 1. The molecule has 0 radical (unpaired) electrons. The zero-order valence-corrected chi connectivity index (χ0v) is 17.5. The van der Waals surface area contributed by atoms with E-state index in [0.717, 1.165) is 0 Å². The number of anilines is 1. The molecule has 2 aliphatic heterocycles. The van der Waals surface area contributed by atoms with Crippen LogP contribution in [0.25, 0.3) is 0 Å². The Labute approximate surface area is 178 Å². The first-order chi connectivity index (χ1) is 14.8. The topological polar surface area (TPSA) is 106 Å². The van der Waals surface area contributed by atoms with E-state index < -0.39 is 22.8 Å². The number of carbonyl (C=O) groups is 1. The first kappa shape index (κ1) is 21.3. The molecule has 0 saturated carbocycles. The average Bonchev–Trinajstić information content (AvgIpc) is 2.75. The highest BCUT2D eigenvalue weighted by Crippen LogP contribution is 2.27. The molecule has 166 valence electrons. The van der Waals surface area contributed by atoms with Gasteiger partial charge in [0.2, 0.25) is 5.75 Å². The Hall–Kier alpha value is -2.98. The largest absolute Gasteiger partial charge is 0.501 e. The van der Waals surface area contributed by atoms with Gasteiger partial charge >= 0.3 is 0 Å². The van der Waals surface area contributed by atoms with Gasteiger partial charge in [-0.25, -0.2) is 9.37 Å². The van der Waals surface area contributed by atoms with Gasteiger partial charge in [-0.1, -0.05) is 6.07 Å². The molecule has 0 unspecified atom stereocenters. The summed E-state index contributed by atoms with van der Waals surface area (Å²) in [6.45, 7) is 6.43. The van der Waals surface area contributed by atoms with E-state index >= 15 is 0 Å². The highest BCUT2D eigenvalue weighted by atomic mass is 19.1. The molecular weight excluding hydrogens is 407 g/mol. The van der Waals surface area contributed by atoms with Crippen molar-refractivity contribution in [3.05, 3.63) is 51.5 Å². The molecule has 31 heavy (non-hydrogen) atoms. The van der Waals surface area contributed by atoms with E-state index in [9.17, 15) is 19.1 Å². The van der Waals surface area contributed by atoms with Crippen LogP contribution in [0.15, 0.2) is 23.0 Å². The van der Waals surface area contributed by atoms with E-state index in [4.69, 9.17) is 9.47 Å². The number of nitrogens with zero attached hydrogens (tertiary/aromatic N) is 3. The van der Waals surface area contributed by atoms with Crippen molar-refractivity contribution in [2.75, 3.05) is 37.8 Å². The second-order valence-electron chi connectivity index (χ2n) is 8.00. The molecule has 9 nitrogen and oxygen atoms in total. The monoisotopic (exact) mass is 432 g/mol. The number of fused-ring (bicyclic) bond motifs is 1. The van der Waals surface area contributed by atoms with Gasteiger partial charge in [-0.3, -0.25) is 14.2 Å². The number of morpholine rings is 1. The summed E-state index contributed by atoms with van der Waals surface area (Å²) < 4.78 is 26.2. The quantitative estimate of drug-likeness (QED) is 0.746. The molecule has 1 amide bonds. The molecule has 4 rings (SSSR count). The zero-order chi connectivity index (χ0) is 22.2. The summed E-state index contributed by atoms with van der Waals surface area (Å²) in [5.74, 6) is -1.49. The summed E-state index contributed by atoms with van der Waals surface area (Å²) in [5.41, 5.74) is -0.539. The van der Waals surface area contributed by atoms with Gasteiger partial charge in [0.15, 0.2) is 5.69 Å². The van der Waals surface area contributed by atoms with Gasteiger partial charge < -0.3 is 24.8 Å². The maximum atomic E-state index is 13.9. The molecule has 1 aromatic heterocycles. The summed E-state index contributed by atoms with van der Waals surface area (Å²) in [5, 5.41) is 13.0. The fourth-order valence-corrected chi connectivity index (χ4v) is 3.87. The standard InChI is InChI=1S/C21H25FN4O5/c1-21(2)20-24-16(17(27)19(29)26(20)7-10-31-21)18(28)23-12-13-3-4-14(22)11-15(13)25-5-8-30-9-6-25/h3-4,11,27H,5-10,12H2,1-2H3,(H,23,28). The number of ether oxygens (including phenoxy) is 2. The van der Waals surface area contributed by atoms with Crippen molar-refractivity contribution in [1.29, 1.82) is 0 Å². The Bertz CT molecular complexity index is 1060. The molecule has 1 saturated heterocycles. The van der Waals surface area contributed by atoms with Crippen molar-refractivity contribution < 1.29 is 23.8 Å². The third kappa shape index (κ3) is 4.13. The summed E-state index contributed by atoms with van der Waals surface area (Å²) in [6.07, 6.45) is 0. The minimum absolute atomic E-state index is 0.0746. The number of rotatable bonds is 4. The highest BCUT2D eigenvalue weighted by Gasteiger charge is 2.34. The Morgan fingerprint density at radius 3 is 2.74 bits per heavy atom. The van der Waals surface area contributed by atoms with Gasteiger partial charge in [0.05, 0.1) is 26.4 Å². The summed E-state index contributed by atoms with van der Waals surface area (Å²) in [7, 11) is 0. The lowest BCUT2D eigenvalue weighted by molar-refractivity contribution is -0.0566. The van der Waals surface area contributed by atoms with E-state index in [0.29, 0.717) is 44.2 Å². The van der Waals surface area contributed by atoms with Crippen LogP contribution in [-0.4, -0.2) is 53.5 Å². The molecular formula is C21H25FN4O5. The maximum absolute atomic E-state index is 13.9. The molecule has 0 aliphatic carbocycles. The smallest absolute Gasteiger partial charge is 0.296 e. The van der Waals surface area contributed by atoms with Crippen molar-refractivity contribution in [1.82, 2.24) is 14.9 Å². The number of amides is 1. The molecule has 0 bridgehead atoms. The van der Waals surface area contributed by atoms with Crippen LogP contribution in [0.1, 0.15) is 35.7 Å². The van der Waals surface area contributed by atoms with E-state index in [1.54, 1.807) is 19.9 Å². The van der Waals surface area contributed by atoms with Gasteiger partial charge in [0.1, 0.15) is 17.2 Å². The molecule has 2 aromatic rings. The van der Waals surface area contributed by atoms with Crippen LogP contribution in [0.3, 0.4) is 0 Å². The lowest BCUT2D eigenvalue weighted by Gasteiger charge is -2.32. The van der Waals surface area contributed by atoms with E-state index in [1.165, 1.54) is 16.7 Å². The number of aromatic hydroxyl groups is 1. The van der Waals surface area contributed by atoms with Crippen LogP contribution in [0.2, 0.25) is 0 Å². The Balaban J connectivity index is 1.59. The minimum Gasteiger partial charge on any atom is -0.501 e. The number of hydrogen-bond acceptors (Lipinski definition) is 7. The first-order valence-electron chi connectivity index (χ1n) is 10.2. The van der Waals surface area contributed by atoms with Crippen LogP contribution >= 0.6 is 0 Å². The van der Waals surface area contributed by atoms with Crippen molar-refractivity contribution >= 4 is 11.6 Å². The summed E-state index contributed by atoms with van der Waals surface area (Å²) in [4.78, 5) is 31.6. The third-order valence-electron chi connectivity index (χ3n) is 5.52. The Morgan fingerprint density at radius 2 is 2.00 bits per heavy atom. The van der Waals surface area contributed by atoms with Gasteiger partial charge in [0.25, 0.3) is 11.5 Å². The lowest BCUT2D eigenvalue weighted by atomic mass is 10.1. The summed E-state index contributed by atoms with van der Waals surface area (Å²) >= 11 is 0. The predicted octanol–water partition coefficient (Wildman–Crippen LogP) is 1.12. The minimum atomic E-state index is -0.874. The fraction of sp³-hybridized carbons (Fsp3) is 0.476. The van der Waals surface area contributed by atoms with Crippen molar-refractivity contribution in [2.45, 2.75) is 32.5 Å². The van der Waals surface area contributed by atoms with Crippen molar-refractivity contribution in [2.24, 2.45) is 0 Å².